The fourth-order valence-electron chi connectivity index (χ4n) is 4.22. The molecule has 0 N–H and O–H groups in total. The summed E-state index contributed by atoms with van der Waals surface area (Å²) in [5.41, 5.74) is 0. The highest BCUT2D eigenvalue weighted by Gasteiger charge is 2.47. The Hall–Kier alpha value is 0.0649. The smallest absolute Gasteiger partial charge is 0.0668 e. The summed E-state index contributed by atoms with van der Waals surface area (Å²) in [6.07, 6.45) is 2.98. The molecule has 1 heteroatoms. The van der Waals surface area contributed by atoms with Crippen LogP contribution in [0.5, 0.6) is 0 Å². The van der Waals surface area contributed by atoms with Crippen LogP contribution in [0.15, 0.2) is 0 Å². The topological polar surface area (TPSA) is 0 Å². The minimum atomic E-state index is 0.632. The Morgan fingerprint density at radius 2 is 1.71 bits per heavy atom. The predicted octanol–water partition coefficient (Wildman–Crippen LogP) is 3.74. The first-order chi connectivity index (χ1) is 6.41. The van der Waals surface area contributed by atoms with Crippen LogP contribution in [0, 0.1) is 23.7 Å². The van der Waals surface area contributed by atoms with E-state index in [0.29, 0.717) is 5.31 Å². The van der Waals surface area contributed by atoms with Crippen LogP contribution in [0.25, 0.3) is 0 Å². The van der Waals surface area contributed by atoms with Gasteiger partial charge in [0.05, 0.1) is 0 Å². The van der Waals surface area contributed by atoms with Crippen molar-refractivity contribution in [3.63, 3.8) is 0 Å². The Bertz CT molecular complexity index is 221. The first-order valence-electron chi connectivity index (χ1n) is 6.41. The monoisotopic (exact) mass is 192 g/mol. The lowest BCUT2D eigenvalue weighted by atomic mass is 9.46. The van der Waals surface area contributed by atoms with Crippen molar-refractivity contribution in [2.24, 2.45) is 23.7 Å². The molecule has 1 saturated heterocycles. The third-order valence-electron chi connectivity index (χ3n) is 5.29. The van der Waals surface area contributed by atoms with Gasteiger partial charge in [-0.25, -0.2) is 0 Å². The summed E-state index contributed by atoms with van der Waals surface area (Å²) in [6, 6.07) is 0. The van der Waals surface area contributed by atoms with E-state index in [-0.39, 0.29) is 0 Å². The van der Waals surface area contributed by atoms with E-state index in [9.17, 15) is 0 Å². The molecule has 1 aliphatic carbocycles. The van der Waals surface area contributed by atoms with Gasteiger partial charge in [-0.3, -0.25) is 0 Å². The van der Waals surface area contributed by atoms with Crippen LogP contribution in [-0.2, 0) is 0 Å². The van der Waals surface area contributed by atoms with E-state index in [1.807, 2.05) is 0 Å². The van der Waals surface area contributed by atoms with Crippen molar-refractivity contribution >= 4 is 7.28 Å². The van der Waals surface area contributed by atoms with Crippen molar-refractivity contribution in [1.29, 1.82) is 0 Å². The van der Waals surface area contributed by atoms with Gasteiger partial charge in [0.1, 0.15) is 7.28 Å². The van der Waals surface area contributed by atoms with Crippen LogP contribution >= 0.6 is 0 Å². The fourth-order valence-corrected chi connectivity index (χ4v) is 4.22. The quantitative estimate of drug-likeness (QED) is 0.513. The molecule has 5 unspecified atom stereocenters. The van der Waals surface area contributed by atoms with E-state index in [2.05, 4.69) is 34.6 Å². The molecular weight excluding hydrogens is 167 g/mol. The van der Waals surface area contributed by atoms with E-state index in [4.69, 9.17) is 0 Å². The SMILES string of the molecule is CC1CC2CC(C)(C)BC2C(C)C1C. The van der Waals surface area contributed by atoms with E-state index in [1.165, 1.54) is 20.1 Å². The summed E-state index contributed by atoms with van der Waals surface area (Å²) in [7, 11) is 1.48. The molecule has 0 aromatic rings. The Labute approximate surface area is 90.1 Å². The predicted molar refractivity (Wildman–Crippen MR) is 65.2 cm³/mol. The Morgan fingerprint density at radius 1 is 1.07 bits per heavy atom. The van der Waals surface area contributed by atoms with Gasteiger partial charge in [-0.05, 0) is 30.1 Å². The molecule has 1 heterocycles. The van der Waals surface area contributed by atoms with E-state index >= 15 is 0 Å². The number of hydrogen-bond donors (Lipinski definition) is 0. The molecule has 0 aromatic carbocycles. The van der Waals surface area contributed by atoms with E-state index in [0.717, 1.165) is 29.5 Å². The second-order valence-corrected chi connectivity index (χ2v) is 6.93. The standard InChI is InChI=1S/C13H25B/c1-8-6-11-7-13(4,5)14-12(11)10(3)9(8)2/h8-12,14H,6-7H2,1-5H3. The van der Waals surface area contributed by atoms with Crippen molar-refractivity contribution in [1.82, 2.24) is 0 Å². The summed E-state index contributed by atoms with van der Waals surface area (Å²) in [6.45, 7) is 12.4. The third-order valence-corrected chi connectivity index (χ3v) is 5.29. The molecule has 80 valence electrons. The van der Waals surface area contributed by atoms with Crippen LogP contribution in [0.3, 0.4) is 0 Å². The minimum absolute atomic E-state index is 0.632. The highest BCUT2D eigenvalue weighted by molar-refractivity contribution is 6.43. The number of rotatable bonds is 0. The zero-order chi connectivity index (χ0) is 10.5. The Morgan fingerprint density at radius 3 is 2.36 bits per heavy atom. The molecule has 2 fully saturated rings. The lowest BCUT2D eigenvalue weighted by Gasteiger charge is -2.41. The van der Waals surface area contributed by atoms with Crippen molar-refractivity contribution < 1.29 is 0 Å². The second-order valence-electron chi connectivity index (χ2n) is 6.93. The molecule has 0 nitrogen and oxygen atoms in total. The van der Waals surface area contributed by atoms with Crippen LogP contribution < -0.4 is 0 Å². The molecule has 1 aliphatic heterocycles. The zero-order valence-electron chi connectivity index (χ0n) is 10.5. The van der Waals surface area contributed by atoms with Gasteiger partial charge >= 0.3 is 0 Å². The molecule has 2 rings (SSSR count). The van der Waals surface area contributed by atoms with Crippen LogP contribution in [0.4, 0.5) is 0 Å². The van der Waals surface area contributed by atoms with Gasteiger partial charge in [0.15, 0.2) is 0 Å². The molecule has 1 saturated carbocycles. The highest BCUT2D eigenvalue weighted by Crippen LogP contribution is 2.57. The zero-order valence-corrected chi connectivity index (χ0v) is 10.5. The Balaban J connectivity index is 2.15. The molecule has 5 atom stereocenters. The van der Waals surface area contributed by atoms with Crippen LogP contribution in [0.2, 0.25) is 11.1 Å². The van der Waals surface area contributed by atoms with Gasteiger partial charge in [0, 0.05) is 0 Å². The second kappa shape index (κ2) is 3.28. The molecule has 0 amide bonds. The van der Waals surface area contributed by atoms with Crippen molar-refractivity contribution in [2.75, 3.05) is 0 Å². The maximum Gasteiger partial charge on any atom is 0.131 e. The number of fused-ring (bicyclic) bond motifs is 1. The average Bonchev–Trinajstić information content (AvgIpc) is 2.37. The maximum absolute atomic E-state index is 2.50. The van der Waals surface area contributed by atoms with Crippen molar-refractivity contribution in [3.8, 4) is 0 Å². The largest absolute Gasteiger partial charge is 0.131 e. The van der Waals surface area contributed by atoms with Gasteiger partial charge in [0.25, 0.3) is 0 Å². The molecule has 0 aromatic heterocycles. The fraction of sp³-hybridized carbons (Fsp3) is 1.00. The number of hydrogen-bond acceptors (Lipinski definition) is 0. The van der Waals surface area contributed by atoms with Gasteiger partial charge in [-0.1, -0.05) is 52.2 Å². The summed E-state index contributed by atoms with van der Waals surface area (Å²) in [4.78, 5) is 0. The van der Waals surface area contributed by atoms with Gasteiger partial charge < -0.3 is 0 Å². The first-order valence-corrected chi connectivity index (χ1v) is 6.41. The lowest BCUT2D eigenvalue weighted by Crippen LogP contribution is -2.32. The normalized spacial score (nSPS) is 51.1. The molecule has 0 radical (unpaired) electrons. The van der Waals surface area contributed by atoms with Crippen molar-refractivity contribution in [2.45, 2.75) is 58.6 Å². The molecular formula is C13H25B. The molecule has 0 spiro atoms. The molecule has 14 heavy (non-hydrogen) atoms. The van der Waals surface area contributed by atoms with E-state index < -0.39 is 0 Å². The maximum atomic E-state index is 2.50. The third kappa shape index (κ3) is 1.63. The van der Waals surface area contributed by atoms with Crippen molar-refractivity contribution in [3.05, 3.63) is 0 Å². The molecule has 0 bridgehead atoms. The summed E-state index contributed by atoms with van der Waals surface area (Å²) in [5.74, 6) is 4.96. The first kappa shape index (κ1) is 10.6. The van der Waals surface area contributed by atoms with Gasteiger partial charge in [0.2, 0.25) is 0 Å². The average molecular weight is 192 g/mol. The van der Waals surface area contributed by atoms with E-state index in [1.54, 1.807) is 0 Å². The molecule has 2 aliphatic rings. The van der Waals surface area contributed by atoms with Crippen LogP contribution in [0.1, 0.15) is 47.5 Å². The van der Waals surface area contributed by atoms with Crippen LogP contribution in [-0.4, -0.2) is 7.28 Å². The van der Waals surface area contributed by atoms with Gasteiger partial charge in [-0.2, -0.15) is 0 Å². The minimum Gasteiger partial charge on any atom is -0.0668 e. The Kier molecular flexibility index (Phi) is 2.48. The summed E-state index contributed by atoms with van der Waals surface area (Å²) in [5, 5.41) is 0.632. The van der Waals surface area contributed by atoms with Gasteiger partial charge in [-0.15, -0.1) is 0 Å². The highest BCUT2D eigenvalue weighted by atomic mass is 14.4. The summed E-state index contributed by atoms with van der Waals surface area (Å²) < 4.78 is 0. The lowest BCUT2D eigenvalue weighted by molar-refractivity contribution is 0.144. The summed E-state index contributed by atoms with van der Waals surface area (Å²) >= 11 is 0.